The van der Waals surface area contributed by atoms with Crippen molar-refractivity contribution in [1.82, 2.24) is 24.6 Å². The molecule has 1 aliphatic heterocycles. The van der Waals surface area contributed by atoms with Gasteiger partial charge in [-0.2, -0.15) is 5.10 Å². The summed E-state index contributed by atoms with van der Waals surface area (Å²) in [4.78, 5) is 24.2. The molecule has 0 spiro atoms. The van der Waals surface area contributed by atoms with Crippen LogP contribution in [0.1, 0.15) is 49.9 Å². The maximum absolute atomic E-state index is 12.4. The van der Waals surface area contributed by atoms with E-state index >= 15 is 0 Å². The van der Waals surface area contributed by atoms with Gasteiger partial charge < -0.3 is 19.1 Å². The van der Waals surface area contributed by atoms with Gasteiger partial charge in [-0.25, -0.2) is 14.5 Å². The minimum absolute atomic E-state index is 0.176. The number of carbonyl (C=O) groups excluding carboxylic acids is 1. The Morgan fingerprint density at radius 3 is 2.56 bits per heavy atom. The van der Waals surface area contributed by atoms with Crippen LogP contribution in [-0.4, -0.2) is 71.2 Å². The number of hydrogen-bond acceptors (Lipinski definition) is 7. The highest BCUT2D eigenvalue weighted by Gasteiger charge is 2.35. The smallest absolute Gasteiger partial charge is 0.410 e. The lowest BCUT2D eigenvalue weighted by Crippen LogP contribution is -2.50. The fourth-order valence-corrected chi connectivity index (χ4v) is 6.78. The molecule has 0 bridgehead atoms. The van der Waals surface area contributed by atoms with Crippen molar-refractivity contribution in [3.05, 3.63) is 59.4 Å². The SMILES string of the molecule is COc1cc2c(nc1-c1cccc3c1CCC3)c(-c1ccc(C3CN(C(=O)OC(C)(C)C)C3)nc1)nn2COCC[Si](C)(C)C. The van der Waals surface area contributed by atoms with Crippen LogP contribution in [0.2, 0.25) is 25.7 Å². The second-order valence-electron chi connectivity index (χ2n) is 14.5. The Morgan fingerprint density at radius 1 is 1.07 bits per heavy atom. The molecule has 3 aromatic heterocycles. The molecular formula is C35H45N5O4Si. The van der Waals surface area contributed by atoms with Gasteiger partial charge in [-0.1, -0.05) is 37.8 Å². The topological polar surface area (TPSA) is 91.6 Å². The average molecular weight is 628 g/mol. The van der Waals surface area contributed by atoms with E-state index in [0.717, 1.165) is 70.3 Å². The van der Waals surface area contributed by atoms with Crippen molar-refractivity contribution in [2.24, 2.45) is 0 Å². The maximum atomic E-state index is 12.4. The lowest BCUT2D eigenvalue weighted by Gasteiger charge is -2.39. The van der Waals surface area contributed by atoms with Gasteiger partial charge in [0.05, 0.1) is 12.6 Å². The van der Waals surface area contributed by atoms with Crippen LogP contribution in [-0.2, 0) is 29.0 Å². The molecule has 45 heavy (non-hydrogen) atoms. The van der Waals surface area contributed by atoms with E-state index in [1.165, 1.54) is 11.1 Å². The molecular weight excluding hydrogens is 583 g/mol. The van der Waals surface area contributed by atoms with Crippen molar-refractivity contribution in [2.75, 3.05) is 26.8 Å². The van der Waals surface area contributed by atoms with Crippen molar-refractivity contribution in [3.63, 3.8) is 0 Å². The summed E-state index contributed by atoms with van der Waals surface area (Å²) in [6, 6.07) is 13.7. The first-order valence-corrected chi connectivity index (χ1v) is 19.7. The zero-order chi connectivity index (χ0) is 31.9. The zero-order valence-corrected chi connectivity index (χ0v) is 28.6. The number of rotatable bonds is 9. The van der Waals surface area contributed by atoms with E-state index in [1.54, 1.807) is 12.0 Å². The molecule has 4 aromatic rings. The largest absolute Gasteiger partial charge is 0.494 e. The number of amides is 1. The summed E-state index contributed by atoms with van der Waals surface area (Å²) in [5.41, 5.74) is 8.47. The first-order chi connectivity index (χ1) is 21.4. The van der Waals surface area contributed by atoms with Gasteiger partial charge in [0.15, 0.2) is 0 Å². The molecule has 0 saturated carbocycles. The fraction of sp³-hybridized carbons (Fsp3) is 0.486. The van der Waals surface area contributed by atoms with Crippen LogP contribution in [0.15, 0.2) is 42.6 Å². The van der Waals surface area contributed by atoms with E-state index in [2.05, 4.69) is 43.9 Å². The molecule has 0 atom stereocenters. The number of benzene rings is 1. The molecule has 238 valence electrons. The quantitative estimate of drug-likeness (QED) is 0.142. The Hall–Kier alpha value is -3.76. The van der Waals surface area contributed by atoms with Crippen LogP contribution in [0.5, 0.6) is 5.75 Å². The van der Waals surface area contributed by atoms with E-state index in [4.69, 9.17) is 29.3 Å². The van der Waals surface area contributed by atoms with Crippen LogP contribution < -0.4 is 4.74 Å². The van der Waals surface area contributed by atoms with Crippen LogP contribution >= 0.6 is 0 Å². The number of carbonyl (C=O) groups is 1. The summed E-state index contributed by atoms with van der Waals surface area (Å²) in [5, 5.41) is 5.03. The molecule has 1 amide bonds. The minimum atomic E-state index is -1.22. The Labute approximate surface area is 266 Å². The Kier molecular flexibility index (Phi) is 8.47. The van der Waals surface area contributed by atoms with Crippen molar-refractivity contribution >= 4 is 25.2 Å². The highest BCUT2D eigenvalue weighted by Crippen LogP contribution is 2.39. The van der Waals surface area contributed by atoms with Gasteiger partial charge in [0.25, 0.3) is 0 Å². The average Bonchev–Trinajstić information content (AvgIpc) is 3.57. The third-order valence-electron chi connectivity index (χ3n) is 8.53. The number of hydrogen-bond donors (Lipinski definition) is 0. The van der Waals surface area contributed by atoms with Crippen LogP contribution in [0, 0.1) is 0 Å². The highest BCUT2D eigenvalue weighted by atomic mass is 28.3. The number of fused-ring (bicyclic) bond motifs is 2. The van der Waals surface area contributed by atoms with Crippen molar-refractivity contribution in [3.8, 4) is 28.3 Å². The molecule has 1 fully saturated rings. The van der Waals surface area contributed by atoms with Crippen LogP contribution in [0.3, 0.4) is 0 Å². The number of aryl methyl sites for hydroxylation is 1. The summed E-state index contributed by atoms with van der Waals surface area (Å²) in [5.74, 6) is 0.903. The van der Waals surface area contributed by atoms with Gasteiger partial charge in [-0.15, -0.1) is 0 Å². The van der Waals surface area contributed by atoms with Gasteiger partial charge in [0, 0.05) is 62.8 Å². The molecule has 4 heterocycles. The predicted octanol–water partition coefficient (Wildman–Crippen LogP) is 7.30. The van der Waals surface area contributed by atoms with E-state index in [-0.39, 0.29) is 12.0 Å². The number of pyridine rings is 2. The minimum Gasteiger partial charge on any atom is -0.494 e. The lowest BCUT2D eigenvalue weighted by atomic mass is 9.95. The Bertz CT molecular complexity index is 1700. The zero-order valence-electron chi connectivity index (χ0n) is 27.6. The lowest BCUT2D eigenvalue weighted by molar-refractivity contribution is 0.00787. The number of nitrogens with zero attached hydrogens (tertiary/aromatic N) is 5. The van der Waals surface area contributed by atoms with Crippen LogP contribution in [0.25, 0.3) is 33.5 Å². The normalized spacial score (nSPS) is 15.3. The molecule has 6 rings (SSSR count). The summed E-state index contributed by atoms with van der Waals surface area (Å²) in [6.45, 7) is 14.9. The molecule has 2 aliphatic rings. The maximum Gasteiger partial charge on any atom is 0.410 e. The van der Waals surface area contributed by atoms with Gasteiger partial charge in [-0.3, -0.25) is 4.98 Å². The van der Waals surface area contributed by atoms with Gasteiger partial charge in [0.2, 0.25) is 0 Å². The first-order valence-electron chi connectivity index (χ1n) is 16.0. The number of methoxy groups -OCH3 is 1. The number of aromatic nitrogens is 4. The second-order valence-corrected chi connectivity index (χ2v) is 20.1. The monoisotopic (exact) mass is 627 g/mol. The van der Waals surface area contributed by atoms with E-state index in [9.17, 15) is 4.79 Å². The fourth-order valence-electron chi connectivity index (χ4n) is 6.02. The highest BCUT2D eigenvalue weighted by molar-refractivity contribution is 6.76. The molecule has 1 saturated heterocycles. The van der Waals surface area contributed by atoms with Gasteiger partial charge in [-0.05, 0) is 69.3 Å². The Morgan fingerprint density at radius 2 is 1.87 bits per heavy atom. The third kappa shape index (κ3) is 6.77. The van der Waals surface area contributed by atoms with E-state index in [1.807, 2.05) is 43.8 Å². The molecule has 0 radical (unpaired) electrons. The van der Waals surface area contributed by atoms with Gasteiger partial charge >= 0.3 is 6.09 Å². The van der Waals surface area contributed by atoms with Crippen molar-refractivity contribution < 1.29 is 19.0 Å². The standard InChI is InChI=1S/C35H45N5O4Si/c1-35(2,3)44-34(41)39-20-25(21-39)28-15-14-24(19-36-28)31-33-29(40(38-31)22-43-16-17-45(5,6)7)18-30(42-4)32(37-33)27-13-9-11-23-10-8-12-26(23)27/h9,11,13-15,18-19,25H,8,10,12,16-17,20-22H2,1-7H3. The summed E-state index contributed by atoms with van der Waals surface area (Å²) in [6.07, 6.45) is 4.89. The molecule has 0 N–H and O–H groups in total. The van der Waals surface area contributed by atoms with Crippen molar-refractivity contribution in [1.29, 1.82) is 0 Å². The molecule has 1 aromatic carbocycles. The van der Waals surface area contributed by atoms with Crippen LogP contribution in [0.4, 0.5) is 4.79 Å². The first kappa shape index (κ1) is 31.2. The van der Waals surface area contributed by atoms with E-state index < -0.39 is 13.7 Å². The van der Waals surface area contributed by atoms with E-state index in [0.29, 0.717) is 26.4 Å². The molecule has 1 aliphatic carbocycles. The van der Waals surface area contributed by atoms with Gasteiger partial charge in [0.1, 0.15) is 35.0 Å². The number of likely N-dealkylation sites (tertiary alicyclic amines) is 1. The third-order valence-corrected chi connectivity index (χ3v) is 10.2. The summed E-state index contributed by atoms with van der Waals surface area (Å²) >= 11 is 0. The second kappa shape index (κ2) is 12.2. The molecule has 9 nitrogen and oxygen atoms in total. The predicted molar refractivity (Wildman–Crippen MR) is 179 cm³/mol. The molecule has 0 unspecified atom stereocenters. The molecule has 10 heteroatoms. The number of ether oxygens (including phenoxy) is 3. The van der Waals surface area contributed by atoms with Crippen molar-refractivity contribution in [2.45, 2.75) is 84.0 Å². The summed E-state index contributed by atoms with van der Waals surface area (Å²) < 4.78 is 19.5. The summed E-state index contributed by atoms with van der Waals surface area (Å²) in [7, 11) is 0.479. The Balaban J connectivity index is 1.32.